The van der Waals surface area contributed by atoms with Crippen LogP contribution in [0.5, 0.6) is 0 Å². The summed E-state index contributed by atoms with van der Waals surface area (Å²) in [7, 11) is 0. The van der Waals surface area contributed by atoms with Crippen LogP contribution in [0.3, 0.4) is 0 Å². The highest BCUT2D eigenvalue weighted by Gasteiger charge is 2.22. The number of benzene rings is 1. The van der Waals surface area contributed by atoms with Crippen molar-refractivity contribution in [2.75, 3.05) is 11.9 Å². The molecular weight excluding hydrogens is 333 g/mol. The maximum Gasteiger partial charge on any atom is 0.0595 e. The minimum Gasteiger partial charge on any atom is -0.295 e. The normalized spacial score (nSPS) is 16.7. The second-order valence-electron chi connectivity index (χ2n) is 4.85. The number of nitrogens with zero attached hydrogens (tertiary/aromatic N) is 1. The molecule has 2 rings (SSSR count). The monoisotopic (exact) mass is 349 g/mol. The first-order chi connectivity index (χ1) is 8.70. The Kier molecular flexibility index (Phi) is 5.81. The molecule has 1 aromatic rings. The summed E-state index contributed by atoms with van der Waals surface area (Å²) in [5, 5.41) is 2.30. The summed E-state index contributed by atoms with van der Waals surface area (Å²) in [5.41, 5.74) is 1.25. The number of hydrogen-bond donors (Lipinski definition) is 0. The van der Waals surface area contributed by atoms with E-state index in [9.17, 15) is 0 Å². The van der Waals surface area contributed by atoms with Gasteiger partial charge >= 0.3 is 0 Å². The third-order valence-corrected chi connectivity index (χ3v) is 4.68. The Bertz CT molecular complexity index is 391. The third kappa shape index (κ3) is 3.86. The third-order valence-electron chi connectivity index (χ3n) is 3.58. The Morgan fingerprint density at radius 2 is 1.89 bits per heavy atom. The highest BCUT2D eigenvalue weighted by Crippen LogP contribution is 2.27. The summed E-state index contributed by atoms with van der Waals surface area (Å²) in [4.78, 5) is 2.56. The molecule has 1 fully saturated rings. The molecule has 1 aromatic carbocycles. The Labute approximate surface area is 128 Å². The largest absolute Gasteiger partial charge is 0.295 e. The van der Waals surface area contributed by atoms with Gasteiger partial charge < -0.3 is 0 Å². The van der Waals surface area contributed by atoms with E-state index >= 15 is 0 Å². The lowest BCUT2D eigenvalue weighted by Gasteiger charge is -2.28. The minimum absolute atomic E-state index is 0.633. The van der Waals surface area contributed by atoms with Crippen LogP contribution in [-0.2, 0) is 6.54 Å². The van der Waals surface area contributed by atoms with Crippen LogP contribution in [0.1, 0.15) is 31.2 Å². The van der Waals surface area contributed by atoms with Crippen molar-refractivity contribution in [2.24, 2.45) is 0 Å². The molecule has 0 atom stereocenters. The molecule has 4 heteroatoms. The van der Waals surface area contributed by atoms with Gasteiger partial charge in [0.25, 0.3) is 0 Å². The molecule has 100 valence electrons. The zero-order valence-electron chi connectivity index (χ0n) is 10.3. The van der Waals surface area contributed by atoms with Crippen LogP contribution in [0.2, 0.25) is 10.0 Å². The summed E-state index contributed by atoms with van der Waals surface area (Å²) in [6.07, 6.45) is 5.39. The Morgan fingerprint density at radius 1 is 1.17 bits per heavy atom. The van der Waals surface area contributed by atoms with Crippen molar-refractivity contribution in [1.82, 2.24) is 4.90 Å². The average Bonchev–Trinajstić information content (AvgIpc) is 2.87. The summed E-state index contributed by atoms with van der Waals surface area (Å²) in [6, 6.07) is 6.68. The lowest BCUT2D eigenvalue weighted by molar-refractivity contribution is 0.202. The molecule has 0 N–H and O–H groups in total. The van der Waals surface area contributed by atoms with Crippen molar-refractivity contribution < 1.29 is 0 Å². The molecule has 0 aliphatic heterocycles. The van der Waals surface area contributed by atoms with Gasteiger partial charge in [0.1, 0.15) is 0 Å². The molecule has 0 radical (unpaired) electrons. The van der Waals surface area contributed by atoms with Crippen molar-refractivity contribution in [3.05, 3.63) is 33.8 Å². The summed E-state index contributed by atoms with van der Waals surface area (Å²) >= 11 is 15.6. The topological polar surface area (TPSA) is 3.24 Å². The van der Waals surface area contributed by atoms with E-state index in [1.165, 1.54) is 31.2 Å². The molecule has 0 saturated heterocycles. The molecule has 1 nitrogen and oxygen atoms in total. The molecule has 1 aliphatic carbocycles. The van der Waals surface area contributed by atoms with Gasteiger partial charge in [-0.05, 0) is 30.5 Å². The van der Waals surface area contributed by atoms with Crippen LogP contribution >= 0.6 is 39.1 Å². The molecule has 1 aliphatic rings. The predicted molar refractivity (Wildman–Crippen MR) is 82.9 cm³/mol. The van der Waals surface area contributed by atoms with Gasteiger partial charge in [0, 0.05) is 24.5 Å². The second-order valence-corrected chi connectivity index (χ2v) is 6.45. The van der Waals surface area contributed by atoms with E-state index in [1.54, 1.807) is 0 Å². The fourth-order valence-corrected chi connectivity index (χ4v) is 3.42. The van der Waals surface area contributed by atoms with Crippen LogP contribution in [-0.4, -0.2) is 22.8 Å². The van der Waals surface area contributed by atoms with Crippen molar-refractivity contribution in [3.63, 3.8) is 0 Å². The molecule has 0 amide bonds. The van der Waals surface area contributed by atoms with Gasteiger partial charge in [-0.1, -0.05) is 58.0 Å². The zero-order chi connectivity index (χ0) is 13.0. The van der Waals surface area contributed by atoms with E-state index < -0.39 is 0 Å². The summed E-state index contributed by atoms with van der Waals surface area (Å²) in [5.74, 6) is 0. The lowest BCUT2D eigenvalue weighted by atomic mass is 10.1. The molecule has 0 bridgehead atoms. The van der Waals surface area contributed by atoms with Gasteiger partial charge in [-0.2, -0.15) is 0 Å². The molecule has 0 spiro atoms. The summed E-state index contributed by atoms with van der Waals surface area (Å²) < 4.78 is 0. The van der Waals surface area contributed by atoms with E-state index in [2.05, 4.69) is 26.9 Å². The number of rotatable bonds is 5. The first-order valence-corrected chi connectivity index (χ1v) is 8.32. The van der Waals surface area contributed by atoms with E-state index in [1.807, 2.05) is 12.1 Å². The van der Waals surface area contributed by atoms with Crippen LogP contribution in [0.4, 0.5) is 0 Å². The maximum atomic E-state index is 6.07. The van der Waals surface area contributed by atoms with Crippen LogP contribution < -0.4 is 0 Å². The van der Waals surface area contributed by atoms with E-state index in [-0.39, 0.29) is 0 Å². The van der Waals surface area contributed by atoms with Crippen molar-refractivity contribution in [3.8, 4) is 0 Å². The van der Waals surface area contributed by atoms with Crippen molar-refractivity contribution >= 4 is 39.1 Å². The van der Waals surface area contributed by atoms with Crippen LogP contribution in [0.25, 0.3) is 0 Å². The quantitative estimate of drug-likeness (QED) is 0.665. The van der Waals surface area contributed by atoms with E-state index in [0.29, 0.717) is 10.0 Å². The molecule has 1 saturated carbocycles. The van der Waals surface area contributed by atoms with E-state index in [0.717, 1.165) is 24.5 Å². The Morgan fingerprint density at radius 3 is 2.50 bits per heavy atom. The Balaban J connectivity index is 2.04. The van der Waals surface area contributed by atoms with Crippen LogP contribution in [0.15, 0.2) is 18.2 Å². The highest BCUT2D eigenvalue weighted by atomic mass is 79.9. The van der Waals surface area contributed by atoms with Gasteiger partial charge in [0.15, 0.2) is 0 Å². The lowest BCUT2D eigenvalue weighted by Crippen LogP contribution is -2.34. The first kappa shape index (κ1) is 14.6. The predicted octanol–water partition coefficient (Wildman–Crippen LogP) is 5.13. The SMILES string of the molecule is Clc1ccc(CN(CCBr)C2CCCC2)cc1Cl. The zero-order valence-corrected chi connectivity index (χ0v) is 13.4. The van der Waals surface area contributed by atoms with E-state index in [4.69, 9.17) is 23.2 Å². The average molecular weight is 351 g/mol. The maximum absolute atomic E-state index is 6.07. The molecular formula is C14H18BrCl2N. The van der Waals surface area contributed by atoms with Gasteiger partial charge in [0.2, 0.25) is 0 Å². The Hall–Kier alpha value is 0.240. The van der Waals surface area contributed by atoms with Gasteiger partial charge in [-0.3, -0.25) is 4.90 Å². The molecule has 18 heavy (non-hydrogen) atoms. The smallest absolute Gasteiger partial charge is 0.0595 e. The van der Waals surface area contributed by atoms with Crippen molar-refractivity contribution in [2.45, 2.75) is 38.3 Å². The first-order valence-electron chi connectivity index (χ1n) is 6.44. The fraction of sp³-hybridized carbons (Fsp3) is 0.571. The molecule has 0 aromatic heterocycles. The minimum atomic E-state index is 0.633. The molecule has 0 unspecified atom stereocenters. The van der Waals surface area contributed by atoms with Gasteiger partial charge in [0.05, 0.1) is 10.0 Å². The molecule has 0 heterocycles. The van der Waals surface area contributed by atoms with Gasteiger partial charge in [-0.25, -0.2) is 0 Å². The van der Waals surface area contributed by atoms with Gasteiger partial charge in [-0.15, -0.1) is 0 Å². The fourth-order valence-electron chi connectivity index (χ4n) is 2.64. The number of hydrogen-bond acceptors (Lipinski definition) is 1. The number of halogens is 3. The number of alkyl halides is 1. The standard InChI is InChI=1S/C14H18BrCl2N/c15-7-8-18(12-3-1-2-4-12)10-11-5-6-13(16)14(17)9-11/h5-6,9,12H,1-4,7-8,10H2. The second kappa shape index (κ2) is 7.14. The summed E-state index contributed by atoms with van der Waals surface area (Å²) in [6.45, 7) is 2.05. The van der Waals surface area contributed by atoms with Crippen molar-refractivity contribution in [1.29, 1.82) is 0 Å². The highest BCUT2D eigenvalue weighted by molar-refractivity contribution is 9.09. The van der Waals surface area contributed by atoms with Crippen LogP contribution in [0, 0.1) is 0 Å².